The van der Waals surface area contributed by atoms with Gasteiger partial charge in [0.2, 0.25) is 6.29 Å². The molecule has 3 saturated carbocycles. The molecule has 0 aromatic heterocycles. The van der Waals surface area contributed by atoms with Crippen molar-refractivity contribution in [3.63, 3.8) is 0 Å². The summed E-state index contributed by atoms with van der Waals surface area (Å²) >= 11 is 0. The van der Waals surface area contributed by atoms with Gasteiger partial charge in [-0.05, 0) is 74.2 Å². The van der Waals surface area contributed by atoms with E-state index >= 15 is 0 Å². The van der Waals surface area contributed by atoms with E-state index in [0.717, 1.165) is 44.9 Å². The van der Waals surface area contributed by atoms with E-state index in [0.29, 0.717) is 18.3 Å². The Kier molecular flexibility index (Phi) is 3.93. The lowest BCUT2D eigenvalue weighted by atomic mass is 9.46. The van der Waals surface area contributed by atoms with Gasteiger partial charge in [-0.3, -0.25) is 14.4 Å². The molecule has 6 atom stereocenters. The Hall–Kier alpha value is -1.45. The number of hydrogen-bond donors (Lipinski definition) is 0. The van der Waals surface area contributed by atoms with Gasteiger partial charge in [0.05, 0.1) is 12.5 Å². The summed E-state index contributed by atoms with van der Waals surface area (Å²) < 4.78 is 5.18. The van der Waals surface area contributed by atoms with Gasteiger partial charge in [-0.1, -0.05) is 12.5 Å². The minimum absolute atomic E-state index is 0.0854. The van der Waals surface area contributed by atoms with Gasteiger partial charge in [0, 0.05) is 12.3 Å². The Morgan fingerprint density at radius 1 is 1.16 bits per heavy atom. The highest BCUT2D eigenvalue weighted by molar-refractivity contribution is 5.91. The van der Waals surface area contributed by atoms with E-state index in [1.165, 1.54) is 12.7 Å². The van der Waals surface area contributed by atoms with Crippen LogP contribution in [0, 0.1) is 34.5 Å². The quantitative estimate of drug-likeness (QED) is 0.721. The number of ether oxygens (including phenoxy) is 1. The average Bonchev–Trinajstić information content (AvgIpc) is 3.01. The summed E-state index contributed by atoms with van der Waals surface area (Å²) in [7, 11) is 1.44. The molecule has 4 rings (SSSR count). The standard InChI is InChI=1S/C21H27O4/c1-20-9-7-15(23)11-13(20)3-5-16-17(20)8-10-21(19(24)25-2)14(12-22)4-6-18(16)21/h11,14,16-18H,3-10H2,1-2H3/t14-,16-,17+,18+,20+,21+/m1/s1. The molecule has 1 radical (unpaired) electrons. The van der Waals surface area contributed by atoms with Crippen LogP contribution >= 0.6 is 0 Å². The molecule has 0 heterocycles. The van der Waals surface area contributed by atoms with Crippen molar-refractivity contribution in [3.8, 4) is 0 Å². The van der Waals surface area contributed by atoms with Crippen molar-refractivity contribution in [1.29, 1.82) is 0 Å². The molecular weight excluding hydrogens is 316 g/mol. The Labute approximate surface area is 149 Å². The van der Waals surface area contributed by atoms with Crippen molar-refractivity contribution in [2.45, 2.75) is 58.3 Å². The first-order valence-corrected chi connectivity index (χ1v) is 9.67. The van der Waals surface area contributed by atoms with Crippen LogP contribution in [0.4, 0.5) is 0 Å². The number of rotatable bonds is 2. The van der Waals surface area contributed by atoms with Crippen molar-refractivity contribution in [2.24, 2.45) is 34.5 Å². The number of esters is 1. The van der Waals surface area contributed by atoms with Gasteiger partial charge < -0.3 is 4.74 Å². The van der Waals surface area contributed by atoms with E-state index in [2.05, 4.69) is 13.2 Å². The maximum atomic E-state index is 12.8. The fourth-order valence-corrected chi connectivity index (χ4v) is 6.99. The van der Waals surface area contributed by atoms with Crippen molar-refractivity contribution in [1.82, 2.24) is 0 Å². The van der Waals surface area contributed by atoms with Gasteiger partial charge in [0.25, 0.3) is 0 Å². The van der Waals surface area contributed by atoms with Crippen LogP contribution in [0.3, 0.4) is 0 Å². The van der Waals surface area contributed by atoms with Gasteiger partial charge in [0.1, 0.15) is 0 Å². The molecule has 0 aliphatic heterocycles. The molecule has 0 amide bonds. The number of carbonyl (C=O) groups excluding carboxylic acids is 3. The number of methoxy groups -OCH3 is 1. The maximum Gasteiger partial charge on any atom is 0.312 e. The van der Waals surface area contributed by atoms with Crippen LogP contribution < -0.4 is 0 Å². The summed E-state index contributed by atoms with van der Waals surface area (Å²) in [5.41, 5.74) is 0.758. The zero-order valence-corrected chi connectivity index (χ0v) is 15.2. The molecule has 25 heavy (non-hydrogen) atoms. The lowest BCUT2D eigenvalue weighted by Gasteiger charge is -2.57. The minimum Gasteiger partial charge on any atom is -0.469 e. The highest BCUT2D eigenvalue weighted by atomic mass is 16.5. The topological polar surface area (TPSA) is 60.4 Å². The molecule has 135 valence electrons. The first-order valence-electron chi connectivity index (χ1n) is 9.67. The molecule has 3 fully saturated rings. The smallest absolute Gasteiger partial charge is 0.312 e. The SMILES string of the molecule is COC(=O)[C@]12CC[C@H]3[C@@H](CCC4=CC(=O)CC[C@@]43C)[C@@H]1CC[C@@H]2[C]=O. The molecular formula is C21H27O4. The molecule has 4 aliphatic carbocycles. The Morgan fingerprint density at radius 2 is 1.96 bits per heavy atom. The summed E-state index contributed by atoms with van der Waals surface area (Å²) in [5, 5.41) is 0. The zero-order chi connectivity index (χ0) is 17.8. The van der Waals surface area contributed by atoms with Gasteiger partial charge >= 0.3 is 5.97 Å². The summed E-state index contributed by atoms with van der Waals surface area (Å²) in [6.45, 7) is 2.32. The third-order valence-corrected chi connectivity index (χ3v) is 8.19. The molecule has 4 aliphatic rings. The Morgan fingerprint density at radius 3 is 2.68 bits per heavy atom. The van der Waals surface area contributed by atoms with Crippen molar-refractivity contribution in [2.75, 3.05) is 7.11 Å². The van der Waals surface area contributed by atoms with Crippen LogP contribution in [0.15, 0.2) is 11.6 Å². The summed E-state index contributed by atoms with van der Waals surface area (Å²) in [6.07, 6.45) is 11.0. The fourth-order valence-electron chi connectivity index (χ4n) is 6.99. The number of allylic oxidation sites excluding steroid dienone is 1. The van der Waals surface area contributed by atoms with Gasteiger partial charge in [-0.25, -0.2) is 0 Å². The lowest BCUT2D eigenvalue weighted by molar-refractivity contribution is -0.166. The third kappa shape index (κ3) is 2.15. The predicted molar refractivity (Wildman–Crippen MR) is 92.2 cm³/mol. The molecule has 0 unspecified atom stereocenters. The van der Waals surface area contributed by atoms with Crippen molar-refractivity contribution < 1.29 is 19.1 Å². The van der Waals surface area contributed by atoms with Crippen LogP contribution in [0.5, 0.6) is 0 Å². The van der Waals surface area contributed by atoms with E-state index in [4.69, 9.17) is 4.74 Å². The number of carbonyl (C=O) groups is 2. The van der Waals surface area contributed by atoms with E-state index < -0.39 is 5.41 Å². The second-order valence-electron chi connectivity index (χ2n) is 8.79. The van der Waals surface area contributed by atoms with E-state index in [-0.39, 0.29) is 29.0 Å². The van der Waals surface area contributed by atoms with Crippen LogP contribution in [0.2, 0.25) is 0 Å². The van der Waals surface area contributed by atoms with E-state index in [1.807, 2.05) is 6.08 Å². The van der Waals surface area contributed by atoms with Crippen LogP contribution in [0.1, 0.15) is 58.3 Å². The summed E-state index contributed by atoms with van der Waals surface area (Å²) in [4.78, 5) is 36.2. The minimum atomic E-state index is -0.653. The third-order valence-electron chi connectivity index (χ3n) is 8.19. The van der Waals surface area contributed by atoms with Crippen LogP contribution in [0.25, 0.3) is 0 Å². The molecule has 0 spiro atoms. The summed E-state index contributed by atoms with van der Waals surface area (Å²) in [5.74, 6) is 0.925. The largest absolute Gasteiger partial charge is 0.469 e. The summed E-state index contributed by atoms with van der Waals surface area (Å²) in [6, 6.07) is 0. The first-order chi connectivity index (χ1) is 12.0. The van der Waals surface area contributed by atoms with Crippen molar-refractivity contribution >= 4 is 18.0 Å². The van der Waals surface area contributed by atoms with Crippen molar-refractivity contribution in [3.05, 3.63) is 11.6 Å². The molecule has 0 aromatic carbocycles. The first kappa shape index (κ1) is 17.0. The van der Waals surface area contributed by atoms with Gasteiger partial charge in [0.15, 0.2) is 5.78 Å². The van der Waals surface area contributed by atoms with E-state index in [9.17, 15) is 14.4 Å². The van der Waals surface area contributed by atoms with Gasteiger partial charge in [-0.15, -0.1) is 0 Å². The Bertz CT molecular complexity index is 650. The number of fused-ring (bicyclic) bond motifs is 5. The fraction of sp³-hybridized carbons (Fsp3) is 0.762. The second kappa shape index (κ2) is 5.78. The normalized spacial score (nSPS) is 45.7. The van der Waals surface area contributed by atoms with E-state index in [1.54, 1.807) is 0 Å². The molecule has 4 heteroatoms. The lowest BCUT2D eigenvalue weighted by Crippen LogP contribution is -2.54. The zero-order valence-electron chi connectivity index (χ0n) is 15.2. The van der Waals surface area contributed by atoms with Crippen LogP contribution in [-0.4, -0.2) is 25.1 Å². The number of hydrogen-bond acceptors (Lipinski definition) is 4. The second-order valence-corrected chi connectivity index (χ2v) is 8.79. The predicted octanol–water partition coefficient (Wildman–Crippen LogP) is 3.40. The van der Waals surface area contributed by atoms with Gasteiger partial charge in [-0.2, -0.15) is 0 Å². The Balaban J connectivity index is 1.72. The van der Waals surface area contributed by atoms with Crippen LogP contribution in [-0.2, 0) is 19.1 Å². The molecule has 0 bridgehead atoms. The highest BCUT2D eigenvalue weighted by Gasteiger charge is 2.64. The molecule has 0 saturated heterocycles. The number of ketones is 1. The molecule has 0 aromatic rings. The average molecular weight is 343 g/mol. The monoisotopic (exact) mass is 343 g/mol. The maximum absolute atomic E-state index is 12.8. The molecule has 0 N–H and O–H groups in total. The highest BCUT2D eigenvalue weighted by Crippen LogP contribution is 2.66. The molecule has 4 nitrogen and oxygen atoms in total.